The molecule has 160 valence electrons. The van der Waals surface area contributed by atoms with Crippen LogP contribution in [0.25, 0.3) is 0 Å². The van der Waals surface area contributed by atoms with Crippen LogP contribution in [0, 0.1) is 23.0 Å². The van der Waals surface area contributed by atoms with Crippen molar-refractivity contribution in [2.24, 2.45) is 11.3 Å². The molecule has 3 nitrogen and oxygen atoms in total. The first kappa shape index (κ1) is 21.8. The Morgan fingerprint density at radius 3 is 2.50 bits per heavy atom. The van der Waals surface area contributed by atoms with Crippen LogP contribution < -0.4 is 4.74 Å². The van der Waals surface area contributed by atoms with Crippen molar-refractivity contribution in [2.75, 3.05) is 17.6 Å². The fourth-order valence-corrected chi connectivity index (χ4v) is 5.41. The monoisotopic (exact) mass is 546 g/mol. The summed E-state index contributed by atoms with van der Waals surface area (Å²) in [5.41, 5.74) is 0.412. The second-order valence-corrected chi connectivity index (χ2v) is 9.48. The summed E-state index contributed by atoms with van der Waals surface area (Å²) >= 11 is 8.31. The smallest absolute Gasteiger partial charge is 0.312 e. The molecule has 1 saturated heterocycles. The number of rotatable bonds is 6. The quantitative estimate of drug-likeness (QED) is 0.250. The molecule has 2 heterocycles. The van der Waals surface area contributed by atoms with Gasteiger partial charge in [0.15, 0.2) is 11.6 Å². The highest BCUT2D eigenvalue weighted by Gasteiger charge is 2.55. The van der Waals surface area contributed by atoms with Crippen LogP contribution in [0.4, 0.5) is 8.78 Å². The van der Waals surface area contributed by atoms with Gasteiger partial charge in [0.25, 0.3) is 0 Å². The van der Waals surface area contributed by atoms with E-state index in [-0.39, 0.29) is 29.8 Å². The van der Waals surface area contributed by atoms with Gasteiger partial charge < -0.3 is 9.47 Å². The lowest BCUT2D eigenvalue weighted by molar-refractivity contribution is -0.151. The van der Waals surface area contributed by atoms with Crippen LogP contribution in [0.3, 0.4) is 0 Å². The maximum Gasteiger partial charge on any atom is 0.312 e. The Kier molecular flexibility index (Phi) is 6.53. The maximum atomic E-state index is 15.0. The molecule has 0 N–H and O–H groups in total. The fourth-order valence-electron chi connectivity index (χ4n) is 4.90. The molecule has 0 radical (unpaired) electrons. The van der Waals surface area contributed by atoms with E-state index >= 15 is 4.39 Å². The first-order chi connectivity index (χ1) is 14.5. The number of hydrogen-bond acceptors (Lipinski definition) is 3. The van der Waals surface area contributed by atoms with Gasteiger partial charge in [-0.1, -0.05) is 46.3 Å². The van der Waals surface area contributed by atoms with Gasteiger partial charge in [0.2, 0.25) is 0 Å². The molecule has 7 heteroatoms. The van der Waals surface area contributed by atoms with Crippen LogP contribution in [-0.2, 0) is 16.0 Å². The number of alkyl halides is 1. The topological polar surface area (TPSA) is 35.5 Å². The van der Waals surface area contributed by atoms with Crippen molar-refractivity contribution in [2.45, 2.75) is 31.6 Å². The Morgan fingerprint density at radius 2 is 1.83 bits per heavy atom. The Balaban J connectivity index is 1.81. The Hall–Kier alpha value is -1.41. The molecule has 0 aromatic heterocycles. The zero-order valence-electron chi connectivity index (χ0n) is 16.3. The van der Waals surface area contributed by atoms with E-state index in [0.29, 0.717) is 30.9 Å². The molecule has 4 rings (SSSR count). The SMILES string of the molecule is O=C1OCCC1(CCCI)C1COc2c(F)ccc(F)c2C1Cc1ccc(Cl)cc1. The number of carbonyl (C=O) groups is 1. The third-order valence-corrected chi connectivity index (χ3v) is 7.40. The third-order valence-electron chi connectivity index (χ3n) is 6.38. The standard InChI is InChI=1S/C23H22ClF2IO3/c24-15-4-2-14(3-5-15)12-16-17(23(8-1-10-27)9-11-29-22(23)28)13-30-21-19(26)7-6-18(25)20(16)21/h2-7,16-17H,1,8-13H2. The molecule has 2 aliphatic heterocycles. The van der Waals surface area contributed by atoms with Gasteiger partial charge in [-0.05, 0) is 59.9 Å². The van der Waals surface area contributed by atoms with E-state index in [1.807, 2.05) is 12.1 Å². The highest BCUT2D eigenvalue weighted by Crippen LogP contribution is 2.53. The molecule has 0 spiro atoms. The Bertz CT molecular complexity index is 937. The summed E-state index contributed by atoms with van der Waals surface area (Å²) in [5, 5.41) is 0.609. The van der Waals surface area contributed by atoms with Gasteiger partial charge in [0.05, 0.1) is 18.6 Å². The van der Waals surface area contributed by atoms with Gasteiger partial charge in [0.1, 0.15) is 5.82 Å². The molecule has 2 aliphatic rings. The van der Waals surface area contributed by atoms with Crippen molar-refractivity contribution in [3.8, 4) is 5.75 Å². The predicted molar refractivity (Wildman–Crippen MR) is 119 cm³/mol. The van der Waals surface area contributed by atoms with E-state index in [1.165, 1.54) is 0 Å². The van der Waals surface area contributed by atoms with Crippen molar-refractivity contribution < 1.29 is 23.0 Å². The number of halogens is 4. The number of carbonyl (C=O) groups excluding carboxylic acids is 1. The first-order valence-electron chi connectivity index (χ1n) is 10.0. The molecule has 1 fully saturated rings. The normalized spacial score (nSPS) is 25.5. The number of benzene rings is 2. The molecule has 0 aliphatic carbocycles. The molecule has 30 heavy (non-hydrogen) atoms. The summed E-state index contributed by atoms with van der Waals surface area (Å²) in [6.45, 7) is 0.505. The lowest BCUT2D eigenvalue weighted by atomic mass is 9.62. The van der Waals surface area contributed by atoms with E-state index < -0.39 is 23.0 Å². The second-order valence-electron chi connectivity index (χ2n) is 7.96. The van der Waals surface area contributed by atoms with E-state index in [0.717, 1.165) is 28.5 Å². The lowest BCUT2D eigenvalue weighted by Gasteiger charge is -2.42. The average Bonchev–Trinajstić information content (AvgIpc) is 3.12. The number of cyclic esters (lactones) is 1. The molecule has 0 amide bonds. The highest BCUT2D eigenvalue weighted by molar-refractivity contribution is 14.1. The highest BCUT2D eigenvalue weighted by atomic mass is 127. The average molecular weight is 547 g/mol. The minimum atomic E-state index is -0.751. The largest absolute Gasteiger partial charge is 0.490 e. The molecule has 0 bridgehead atoms. The molecule has 0 saturated carbocycles. The van der Waals surface area contributed by atoms with Crippen LogP contribution in [0.15, 0.2) is 36.4 Å². The molecular formula is C23H22ClF2IO3. The number of hydrogen-bond donors (Lipinski definition) is 0. The minimum Gasteiger partial charge on any atom is -0.490 e. The Labute approximate surface area is 193 Å². The van der Waals surface area contributed by atoms with Crippen LogP contribution >= 0.6 is 34.2 Å². The minimum absolute atomic E-state index is 0.0411. The second kappa shape index (κ2) is 8.99. The molecule has 3 unspecified atom stereocenters. The van der Waals surface area contributed by atoms with Crippen molar-refractivity contribution in [3.05, 3.63) is 64.2 Å². The third kappa shape index (κ3) is 3.93. The van der Waals surface area contributed by atoms with Gasteiger partial charge in [-0.2, -0.15) is 0 Å². The van der Waals surface area contributed by atoms with Gasteiger partial charge in [-0.25, -0.2) is 8.78 Å². The number of esters is 1. The first-order valence-corrected chi connectivity index (χ1v) is 11.9. The summed E-state index contributed by atoms with van der Waals surface area (Å²) in [6, 6.07) is 9.56. The predicted octanol–water partition coefficient (Wildman–Crippen LogP) is 6.10. The summed E-state index contributed by atoms with van der Waals surface area (Å²) in [6.07, 6.45) is 2.52. The van der Waals surface area contributed by atoms with Crippen molar-refractivity contribution in [1.29, 1.82) is 0 Å². The fraction of sp³-hybridized carbons (Fsp3) is 0.435. The van der Waals surface area contributed by atoms with Crippen LogP contribution in [-0.4, -0.2) is 23.6 Å². The molecule has 3 atom stereocenters. The van der Waals surface area contributed by atoms with Crippen molar-refractivity contribution in [3.63, 3.8) is 0 Å². The molecule has 2 aromatic carbocycles. The summed E-state index contributed by atoms with van der Waals surface area (Å²) in [4.78, 5) is 12.9. The lowest BCUT2D eigenvalue weighted by Crippen LogP contribution is -2.45. The van der Waals surface area contributed by atoms with Gasteiger partial charge in [-0.15, -0.1) is 0 Å². The van der Waals surface area contributed by atoms with E-state index in [4.69, 9.17) is 21.1 Å². The van der Waals surface area contributed by atoms with E-state index in [2.05, 4.69) is 22.6 Å². The Morgan fingerprint density at radius 1 is 1.10 bits per heavy atom. The molecular weight excluding hydrogens is 525 g/mol. The summed E-state index contributed by atoms with van der Waals surface area (Å²) < 4.78 is 41.6. The van der Waals surface area contributed by atoms with Crippen molar-refractivity contribution >= 4 is 40.2 Å². The summed E-state index contributed by atoms with van der Waals surface area (Å²) in [7, 11) is 0. The zero-order valence-corrected chi connectivity index (χ0v) is 19.2. The van der Waals surface area contributed by atoms with Gasteiger partial charge in [0, 0.05) is 22.4 Å². The maximum absolute atomic E-state index is 15.0. The van der Waals surface area contributed by atoms with Crippen LogP contribution in [0.1, 0.15) is 36.3 Å². The number of fused-ring (bicyclic) bond motifs is 1. The summed E-state index contributed by atoms with van der Waals surface area (Å²) in [5.74, 6) is -2.10. The van der Waals surface area contributed by atoms with Crippen molar-refractivity contribution in [1.82, 2.24) is 0 Å². The molecule has 2 aromatic rings. The van der Waals surface area contributed by atoms with E-state index in [1.54, 1.807) is 12.1 Å². The van der Waals surface area contributed by atoms with Gasteiger partial charge >= 0.3 is 5.97 Å². The zero-order chi connectivity index (χ0) is 21.3. The van der Waals surface area contributed by atoms with Crippen LogP contribution in [0.2, 0.25) is 5.02 Å². The van der Waals surface area contributed by atoms with E-state index in [9.17, 15) is 9.18 Å². The van der Waals surface area contributed by atoms with Crippen LogP contribution in [0.5, 0.6) is 5.75 Å². The van der Waals surface area contributed by atoms with Gasteiger partial charge in [-0.3, -0.25) is 4.79 Å². The number of ether oxygens (including phenoxy) is 2.